The molecule has 0 fully saturated rings. The molecule has 1 aliphatic rings. The van der Waals surface area contributed by atoms with Gasteiger partial charge >= 0.3 is 6.09 Å². The molecule has 0 saturated carbocycles. The molecule has 0 aliphatic heterocycles. The van der Waals surface area contributed by atoms with E-state index in [2.05, 4.69) is 35.1 Å². The monoisotopic (exact) mass is 310 g/mol. The highest BCUT2D eigenvalue weighted by Gasteiger charge is 2.29. The third-order valence-electron chi connectivity index (χ3n) is 3.88. The van der Waals surface area contributed by atoms with E-state index in [1.54, 1.807) is 0 Å². The summed E-state index contributed by atoms with van der Waals surface area (Å²) in [5, 5.41) is 0. The number of hydrogen-bond acceptors (Lipinski definition) is 3. The Hall–Kier alpha value is -2.33. The van der Waals surface area contributed by atoms with Crippen LogP contribution in [0.4, 0.5) is 4.79 Å². The van der Waals surface area contributed by atoms with Crippen LogP contribution in [-0.4, -0.2) is 18.2 Å². The van der Waals surface area contributed by atoms with Crippen molar-refractivity contribution < 1.29 is 9.53 Å². The van der Waals surface area contributed by atoms with Gasteiger partial charge in [-0.3, -0.25) is 5.43 Å². The Morgan fingerprint density at radius 1 is 1.00 bits per heavy atom. The molecule has 0 radical (unpaired) electrons. The summed E-state index contributed by atoms with van der Waals surface area (Å²) in [5.74, 6) is 0.0859. The highest BCUT2D eigenvalue weighted by atomic mass is 16.6. The van der Waals surface area contributed by atoms with Crippen LogP contribution in [0.5, 0.6) is 0 Å². The van der Waals surface area contributed by atoms with E-state index in [0.717, 1.165) is 0 Å². The molecule has 3 rings (SSSR count). The number of nitrogens with one attached hydrogen (secondary N) is 2. The van der Waals surface area contributed by atoms with Gasteiger partial charge in [-0.15, -0.1) is 0 Å². The molecular formula is C19H22N2O2. The molecule has 120 valence electrons. The van der Waals surface area contributed by atoms with Gasteiger partial charge in [0.25, 0.3) is 0 Å². The van der Waals surface area contributed by atoms with E-state index < -0.39 is 6.09 Å². The van der Waals surface area contributed by atoms with Gasteiger partial charge < -0.3 is 4.74 Å². The topological polar surface area (TPSA) is 50.4 Å². The Balaban J connectivity index is 1.72. The number of ether oxygens (including phenoxy) is 1. The third-order valence-corrected chi connectivity index (χ3v) is 3.88. The fourth-order valence-corrected chi connectivity index (χ4v) is 2.87. The molecule has 4 heteroatoms. The average molecular weight is 310 g/mol. The van der Waals surface area contributed by atoms with E-state index in [1.165, 1.54) is 22.3 Å². The van der Waals surface area contributed by atoms with E-state index in [-0.39, 0.29) is 11.5 Å². The number of benzene rings is 2. The van der Waals surface area contributed by atoms with E-state index >= 15 is 0 Å². The molecule has 0 heterocycles. The maximum Gasteiger partial charge on any atom is 0.421 e. The summed E-state index contributed by atoms with van der Waals surface area (Å²) in [7, 11) is 0. The Morgan fingerprint density at radius 3 is 2.04 bits per heavy atom. The molecule has 1 amide bonds. The van der Waals surface area contributed by atoms with Gasteiger partial charge in [0.15, 0.2) is 0 Å². The van der Waals surface area contributed by atoms with Crippen LogP contribution in [0.3, 0.4) is 0 Å². The largest absolute Gasteiger partial charge is 0.448 e. The molecule has 0 spiro atoms. The number of amides is 1. The number of carbonyl (C=O) groups excluding carboxylic acids is 1. The molecule has 23 heavy (non-hydrogen) atoms. The highest BCUT2D eigenvalue weighted by molar-refractivity contribution is 5.79. The van der Waals surface area contributed by atoms with Crippen molar-refractivity contribution in [3.05, 3.63) is 59.7 Å². The normalized spacial score (nSPS) is 13.3. The van der Waals surface area contributed by atoms with E-state index in [9.17, 15) is 4.79 Å². The number of hydrogen-bond donors (Lipinski definition) is 2. The summed E-state index contributed by atoms with van der Waals surface area (Å²) in [6.45, 7) is 6.23. The summed E-state index contributed by atoms with van der Waals surface area (Å²) in [5.41, 5.74) is 10.2. The number of fused-ring (bicyclic) bond motifs is 3. The number of rotatable bonds is 3. The zero-order chi connectivity index (χ0) is 16.4. The first-order valence-electron chi connectivity index (χ1n) is 7.84. The molecule has 2 aromatic carbocycles. The van der Waals surface area contributed by atoms with Gasteiger partial charge in [0, 0.05) is 11.5 Å². The Morgan fingerprint density at radius 2 is 1.52 bits per heavy atom. The fraction of sp³-hybridized carbons (Fsp3) is 0.316. The van der Waals surface area contributed by atoms with Crippen LogP contribution >= 0.6 is 0 Å². The van der Waals surface area contributed by atoms with Gasteiger partial charge in [-0.1, -0.05) is 48.5 Å². The Kier molecular flexibility index (Phi) is 4.09. The zero-order valence-corrected chi connectivity index (χ0v) is 13.7. The lowest BCUT2D eigenvalue weighted by molar-refractivity contribution is 0.133. The third kappa shape index (κ3) is 3.37. The van der Waals surface area contributed by atoms with Crippen molar-refractivity contribution in [3.8, 4) is 11.1 Å². The second kappa shape index (κ2) is 6.05. The van der Waals surface area contributed by atoms with Crippen molar-refractivity contribution in [2.45, 2.75) is 32.2 Å². The van der Waals surface area contributed by atoms with Gasteiger partial charge in [-0.2, -0.15) is 0 Å². The SMILES string of the molecule is CC(C)(C)NNC(=O)OCC1c2ccccc2-c2ccccc21. The minimum absolute atomic E-state index is 0.0859. The van der Waals surface area contributed by atoms with Crippen LogP contribution in [0, 0.1) is 0 Å². The lowest BCUT2D eigenvalue weighted by Gasteiger charge is -2.21. The van der Waals surface area contributed by atoms with Crippen LogP contribution < -0.4 is 10.9 Å². The quantitative estimate of drug-likeness (QED) is 0.847. The second-order valence-electron chi connectivity index (χ2n) is 6.83. The minimum Gasteiger partial charge on any atom is -0.448 e. The van der Waals surface area contributed by atoms with Crippen molar-refractivity contribution in [1.82, 2.24) is 10.9 Å². The molecule has 0 aromatic heterocycles. The van der Waals surface area contributed by atoms with Crippen LogP contribution in [0.25, 0.3) is 11.1 Å². The fourth-order valence-electron chi connectivity index (χ4n) is 2.87. The van der Waals surface area contributed by atoms with Gasteiger partial charge in [-0.25, -0.2) is 10.2 Å². The average Bonchev–Trinajstić information content (AvgIpc) is 2.84. The standard InChI is InChI=1S/C19H22N2O2/c1-19(2,3)21-20-18(22)23-12-17-15-10-6-4-8-13(15)14-9-5-7-11-16(14)17/h4-11,17,21H,12H2,1-3H3,(H,20,22). The van der Waals surface area contributed by atoms with Crippen molar-refractivity contribution in [2.75, 3.05) is 6.61 Å². The van der Waals surface area contributed by atoms with Gasteiger partial charge in [0.2, 0.25) is 0 Å². The molecule has 2 N–H and O–H groups in total. The molecule has 1 aliphatic carbocycles. The summed E-state index contributed by atoms with van der Waals surface area (Å²) in [6, 6.07) is 16.6. The highest BCUT2D eigenvalue weighted by Crippen LogP contribution is 2.44. The maximum absolute atomic E-state index is 11.9. The van der Waals surface area contributed by atoms with E-state index in [4.69, 9.17) is 4.74 Å². The number of hydrazine groups is 1. The molecule has 0 bridgehead atoms. The van der Waals surface area contributed by atoms with Crippen LogP contribution in [0.15, 0.2) is 48.5 Å². The smallest absolute Gasteiger partial charge is 0.421 e. The van der Waals surface area contributed by atoms with Gasteiger partial charge in [0.05, 0.1) is 0 Å². The van der Waals surface area contributed by atoms with Gasteiger partial charge in [0.1, 0.15) is 6.61 Å². The number of carbonyl (C=O) groups is 1. The van der Waals surface area contributed by atoms with Crippen LogP contribution in [-0.2, 0) is 4.74 Å². The van der Waals surface area contributed by atoms with Crippen molar-refractivity contribution >= 4 is 6.09 Å². The van der Waals surface area contributed by atoms with Gasteiger partial charge in [-0.05, 0) is 43.0 Å². The molecule has 4 nitrogen and oxygen atoms in total. The minimum atomic E-state index is -0.457. The first kappa shape index (κ1) is 15.6. The first-order valence-corrected chi connectivity index (χ1v) is 7.84. The summed E-state index contributed by atoms with van der Waals surface area (Å²) in [6.07, 6.45) is -0.457. The van der Waals surface area contributed by atoms with E-state index in [0.29, 0.717) is 6.61 Å². The molecule has 0 unspecified atom stereocenters. The predicted molar refractivity (Wildman–Crippen MR) is 91.1 cm³/mol. The van der Waals surface area contributed by atoms with Crippen molar-refractivity contribution in [3.63, 3.8) is 0 Å². The second-order valence-corrected chi connectivity index (χ2v) is 6.83. The van der Waals surface area contributed by atoms with Crippen LogP contribution in [0.1, 0.15) is 37.8 Å². The predicted octanol–water partition coefficient (Wildman–Crippen LogP) is 3.83. The van der Waals surface area contributed by atoms with E-state index in [1.807, 2.05) is 45.0 Å². The molecule has 0 atom stereocenters. The summed E-state index contributed by atoms with van der Waals surface area (Å²) < 4.78 is 5.42. The molecule has 0 saturated heterocycles. The Bertz CT molecular complexity index is 674. The summed E-state index contributed by atoms with van der Waals surface area (Å²) >= 11 is 0. The van der Waals surface area contributed by atoms with Crippen molar-refractivity contribution in [1.29, 1.82) is 0 Å². The Labute approximate surface area is 136 Å². The maximum atomic E-state index is 11.9. The summed E-state index contributed by atoms with van der Waals surface area (Å²) in [4.78, 5) is 11.9. The van der Waals surface area contributed by atoms with Crippen LogP contribution in [0.2, 0.25) is 0 Å². The lowest BCUT2D eigenvalue weighted by atomic mass is 9.98. The zero-order valence-electron chi connectivity index (χ0n) is 13.7. The first-order chi connectivity index (χ1) is 11.0. The van der Waals surface area contributed by atoms with Crippen molar-refractivity contribution in [2.24, 2.45) is 0 Å². The lowest BCUT2D eigenvalue weighted by Crippen LogP contribution is -2.49. The molecule has 2 aromatic rings. The molecular weight excluding hydrogens is 288 g/mol.